The Hall–Kier alpha value is -0.820. The number of rotatable bonds is 6. The van der Waals surface area contributed by atoms with Crippen LogP contribution in [0.1, 0.15) is 38.8 Å². The number of hydrogen-bond acceptors (Lipinski definition) is 1. The zero-order valence-electron chi connectivity index (χ0n) is 11.1. The Labute approximate surface area is 100 Å². The van der Waals surface area contributed by atoms with Crippen molar-refractivity contribution in [2.24, 2.45) is 5.92 Å². The van der Waals surface area contributed by atoms with Gasteiger partial charge in [-0.25, -0.2) is 0 Å². The average Bonchev–Trinajstić information content (AvgIpc) is 2.27. The van der Waals surface area contributed by atoms with Crippen molar-refractivity contribution in [3.8, 4) is 0 Å². The fourth-order valence-electron chi connectivity index (χ4n) is 1.82. The van der Waals surface area contributed by atoms with Crippen LogP contribution in [0.25, 0.3) is 0 Å². The first-order valence-electron chi connectivity index (χ1n) is 6.43. The van der Waals surface area contributed by atoms with Gasteiger partial charge in [-0.1, -0.05) is 52.0 Å². The van der Waals surface area contributed by atoms with Crippen molar-refractivity contribution in [2.45, 2.75) is 46.6 Å². The Bertz CT molecular complexity index is 287. The maximum atomic E-state index is 3.49. The standard InChI is InChI=1S/C15H25N/c1-5-14-6-8-15(9-7-14)10-13(4)11-16-12(2)3/h6-9,12-13,16H,5,10-11H2,1-4H3. The summed E-state index contributed by atoms with van der Waals surface area (Å²) in [6, 6.07) is 9.62. The summed E-state index contributed by atoms with van der Waals surface area (Å²) in [4.78, 5) is 0. The normalized spacial score (nSPS) is 13.1. The second kappa shape index (κ2) is 6.70. The molecule has 1 nitrogen and oxygen atoms in total. The lowest BCUT2D eigenvalue weighted by Crippen LogP contribution is -2.28. The van der Waals surface area contributed by atoms with Gasteiger partial charge in [0.15, 0.2) is 0 Å². The van der Waals surface area contributed by atoms with E-state index in [0.717, 1.165) is 13.0 Å². The second-order valence-electron chi connectivity index (χ2n) is 5.04. The predicted molar refractivity (Wildman–Crippen MR) is 71.8 cm³/mol. The van der Waals surface area contributed by atoms with E-state index in [1.54, 1.807) is 0 Å². The molecule has 0 aliphatic heterocycles. The van der Waals surface area contributed by atoms with E-state index in [2.05, 4.69) is 57.3 Å². The number of benzene rings is 1. The lowest BCUT2D eigenvalue weighted by Gasteiger charge is -2.15. The summed E-state index contributed by atoms with van der Waals surface area (Å²) in [5.41, 5.74) is 2.88. The SMILES string of the molecule is CCc1ccc(CC(C)CNC(C)C)cc1. The van der Waals surface area contributed by atoms with Crippen LogP contribution in [-0.2, 0) is 12.8 Å². The van der Waals surface area contributed by atoms with Crippen molar-refractivity contribution >= 4 is 0 Å². The maximum absolute atomic E-state index is 3.49. The minimum absolute atomic E-state index is 0.588. The molecule has 1 atom stereocenters. The van der Waals surface area contributed by atoms with Gasteiger partial charge in [-0.2, -0.15) is 0 Å². The van der Waals surface area contributed by atoms with Crippen molar-refractivity contribution in [3.63, 3.8) is 0 Å². The van der Waals surface area contributed by atoms with Crippen LogP contribution in [0, 0.1) is 5.92 Å². The number of hydrogen-bond donors (Lipinski definition) is 1. The summed E-state index contributed by atoms with van der Waals surface area (Å²) in [6.07, 6.45) is 2.30. The van der Waals surface area contributed by atoms with Gasteiger partial charge in [0.05, 0.1) is 0 Å². The smallest absolute Gasteiger partial charge is 0.00104 e. The summed E-state index contributed by atoms with van der Waals surface area (Å²) in [6.45, 7) is 10.0. The van der Waals surface area contributed by atoms with E-state index in [-0.39, 0.29) is 0 Å². The van der Waals surface area contributed by atoms with E-state index >= 15 is 0 Å². The largest absolute Gasteiger partial charge is 0.314 e. The Morgan fingerprint density at radius 2 is 1.56 bits per heavy atom. The molecule has 1 unspecified atom stereocenters. The molecule has 1 rings (SSSR count). The van der Waals surface area contributed by atoms with Crippen LogP contribution in [0.5, 0.6) is 0 Å². The van der Waals surface area contributed by atoms with E-state index in [9.17, 15) is 0 Å². The van der Waals surface area contributed by atoms with Crippen LogP contribution < -0.4 is 5.32 Å². The molecule has 0 fully saturated rings. The minimum Gasteiger partial charge on any atom is -0.314 e. The lowest BCUT2D eigenvalue weighted by molar-refractivity contribution is 0.476. The molecule has 0 radical (unpaired) electrons. The highest BCUT2D eigenvalue weighted by molar-refractivity contribution is 5.22. The molecule has 0 heterocycles. The van der Waals surface area contributed by atoms with Crippen LogP contribution in [0.4, 0.5) is 0 Å². The van der Waals surface area contributed by atoms with Crippen LogP contribution in [0.2, 0.25) is 0 Å². The van der Waals surface area contributed by atoms with Gasteiger partial charge in [0.25, 0.3) is 0 Å². The molecule has 1 N–H and O–H groups in total. The third-order valence-electron chi connectivity index (χ3n) is 2.89. The molecule has 0 saturated heterocycles. The average molecular weight is 219 g/mol. The van der Waals surface area contributed by atoms with Gasteiger partial charge in [0.1, 0.15) is 0 Å². The summed E-state index contributed by atoms with van der Waals surface area (Å²) in [5, 5.41) is 3.49. The number of nitrogens with one attached hydrogen (secondary N) is 1. The molecule has 0 aliphatic carbocycles. The summed E-state index contributed by atoms with van der Waals surface area (Å²) >= 11 is 0. The van der Waals surface area contributed by atoms with Crippen LogP contribution in [-0.4, -0.2) is 12.6 Å². The molecule has 1 heteroatoms. The quantitative estimate of drug-likeness (QED) is 0.773. The van der Waals surface area contributed by atoms with E-state index in [4.69, 9.17) is 0 Å². The first-order chi connectivity index (χ1) is 7.61. The maximum Gasteiger partial charge on any atom is 0.00104 e. The molecule has 0 spiro atoms. The van der Waals surface area contributed by atoms with Gasteiger partial charge < -0.3 is 5.32 Å². The predicted octanol–water partition coefficient (Wildman–Crippen LogP) is 3.43. The zero-order valence-corrected chi connectivity index (χ0v) is 11.1. The molecule has 90 valence electrons. The van der Waals surface area contributed by atoms with E-state index in [0.29, 0.717) is 12.0 Å². The third-order valence-corrected chi connectivity index (χ3v) is 2.89. The van der Waals surface area contributed by atoms with Gasteiger partial charge >= 0.3 is 0 Å². The first-order valence-corrected chi connectivity index (χ1v) is 6.43. The lowest BCUT2D eigenvalue weighted by atomic mass is 9.99. The van der Waals surface area contributed by atoms with Crippen LogP contribution >= 0.6 is 0 Å². The van der Waals surface area contributed by atoms with Crippen molar-refractivity contribution < 1.29 is 0 Å². The zero-order chi connectivity index (χ0) is 12.0. The van der Waals surface area contributed by atoms with Crippen LogP contribution in [0.3, 0.4) is 0 Å². The van der Waals surface area contributed by atoms with Gasteiger partial charge in [-0.15, -0.1) is 0 Å². The molecular formula is C15H25N. The Morgan fingerprint density at radius 1 is 1.00 bits per heavy atom. The Balaban J connectivity index is 2.40. The summed E-state index contributed by atoms with van der Waals surface area (Å²) in [5.74, 6) is 0.704. The number of aryl methyl sites for hydroxylation is 1. The first kappa shape index (κ1) is 13.2. The monoisotopic (exact) mass is 219 g/mol. The highest BCUT2D eigenvalue weighted by atomic mass is 14.9. The molecule has 16 heavy (non-hydrogen) atoms. The van der Waals surface area contributed by atoms with Crippen LogP contribution in [0.15, 0.2) is 24.3 Å². The summed E-state index contributed by atoms with van der Waals surface area (Å²) in [7, 11) is 0. The summed E-state index contributed by atoms with van der Waals surface area (Å²) < 4.78 is 0. The topological polar surface area (TPSA) is 12.0 Å². The third kappa shape index (κ3) is 4.80. The molecule has 0 amide bonds. The molecule has 1 aromatic rings. The molecule has 0 saturated carbocycles. The van der Waals surface area contributed by atoms with E-state index < -0.39 is 0 Å². The molecule has 0 bridgehead atoms. The van der Waals surface area contributed by atoms with Crippen molar-refractivity contribution in [1.29, 1.82) is 0 Å². The molecule has 0 aliphatic rings. The molecular weight excluding hydrogens is 194 g/mol. The van der Waals surface area contributed by atoms with E-state index in [1.807, 2.05) is 0 Å². The highest BCUT2D eigenvalue weighted by Crippen LogP contribution is 2.10. The van der Waals surface area contributed by atoms with Gasteiger partial charge in [-0.3, -0.25) is 0 Å². The highest BCUT2D eigenvalue weighted by Gasteiger charge is 2.04. The van der Waals surface area contributed by atoms with Crippen molar-refractivity contribution in [2.75, 3.05) is 6.54 Å². The fraction of sp³-hybridized carbons (Fsp3) is 0.600. The minimum atomic E-state index is 0.588. The van der Waals surface area contributed by atoms with Gasteiger partial charge in [-0.05, 0) is 36.4 Å². The molecule has 1 aromatic carbocycles. The van der Waals surface area contributed by atoms with Crippen molar-refractivity contribution in [1.82, 2.24) is 5.32 Å². The Kier molecular flexibility index (Phi) is 5.54. The second-order valence-corrected chi connectivity index (χ2v) is 5.04. The fourth-order valence-corrected chi connectivity index (χ4v) is 1.82. The van der Waals surface area contributed by atoms with Gasteiger partial charge in [0, 0.05) is 6.04 Å². The molecule has 0 aromatic heterocycles. The Morgan fingerprint density at radius 3 is 2.06 bits per heavy atom. The van der Waals surface area contributed by atoms with Gasteiger partial charge in [0.2, 0.25) is 0 Å². The van der Waals surface area contributed by atoms with Crippen molar-refractivity contribution in [3.05, 3.63) is 35.4 Å². The van der Waals surface area contributed by atoms with E-state index in [1.165, 1.54) is 17.5 Å².